The number of aliphatic hydroxyl groups is 1. The summed E-state index contributed by atoms with van der Waals surface area (Å²) in [7, 11) is -3.44. The summed E-state index contributed by atoms with van der Waals surface area (Å²) < 4.78 is 94.5. The molecule has 188 valence electrons. The van der Waals surface area contributed by atoms with Gasteiger partial charge >= 0.3 is 6.18 Å². The molecule has 35 heavy (non-hydrogen) atoms. The average molecular weight is 518 g/mol. The molecule has 2 aliphatic rings. The van der Waals surface area contributed by atoms with Crippen molar-refractivity contribution in [3.8, 4) is 11.4 Å². The summed E-state index contributed by atoms with van der Waals surface area (Å²) >= 11 is 0. The van der Waals surface area contributed by atoms with Crippen LogP contribution >= 0.6 is 0 Å². The second-order valence-electron chi connectivity index (χ2n) is 8.52. The van der Waals surface area contributed by atoms with E-state index < -0.39 is 56.5 Å². The van der Waals surface area contributed by atoms with E-state index in [2.05, 4.69) is 20.4 Å². The van der Waals surface area contributed by atoms with Gasteiger partial charge in [0.15, 0.2) is 11.6 Å². The molecular weight excluding hydrogens is 499 g/mol. The number of hydrogen-bond donors (Lipinski definition) is 2. The number of hydrogen-bond acceptors (Lipinski definition) is 7. The Morgan fingerprint density at radius 3 is 2.43 bits per heavy atom. The Bertz CT molecular complexity index is 1390. The van der Waals surface area contributed by atoms with E-state index in [1.807, 2.05) is 0 Å². The van der Waals surface area contributed by atoms with Crippen LogP contribution in [0.2, 0.25) is 0 Å². The molecule has 2 N–H and O–H groups in total. The third-order valence-electron chi connectivity index (χ3n) is 6.04. The molecule has 4 heterocycles. The zero-order chi connectivity index (χ0) is 25.1. The highest BCUT2D eigenvalue weighted by Crippen LogP contribution is 2.34. The van der Waals surface area contributed by atoms with Crippen molar-refractivity contribution in [3.05, 3.63) is 41.7 Å². The van der Waals surface area contributed by atoms with Gasteiger partial charge in [-0.3, -0.25) is 4.98 Å². The van der Waals surface area contributed by atoms with E-state index >= 15 is 0 Å². The third kappa shape index (κ3) is 4.43. The molecule has 0 unspecified atom stereocenters. The molecule has 0 bridgehead atoms. The maximum absolute atomic E-state index is 14.5. The van der Waals surface area contributed by atoms with Crippen LogP contribution in [-0.4, -0.2) is 67.9 Å². The SMILES string of the molecule is O=S(=O)(C1CC1)N1CC[C@@H](Nc2ncc3c(F)cc(-c4ncc(C(F)(F)F)cc4F)n3n2)[C@H](O)C1. The maximum atomic E-state index is 14.5. The molecule has 5 rings (SSSR count). The summed E-state index contributed by atoms with van der Waals surface area (Å²) in [6, 6.07) is 0.519. The molecule has 1 aliphatic carbocycles. The van der Waals surface area contributed by atoms with Crippen molar-refractivity contribution in [2.24, 2.45) is 0 Å². The highest BCUT2D eigenvalue weighted by molar-refractivity contribution is 7.90. The number of fused-ring (bicyclic) bond motifs is 1. The van der Waals surface area contributed by atoms with Gasteiger partial charge in [-0.2, -0.15) is 17.5 Å². The van der Waals surface area contributed by atoms with Gasteiger partial charge in [-0.15, -0.1) is 5.10 Å². The second-order valence-corrected chi connectivity index (χ2v) is 10.7. The summed E-state index contributed by atoms with van der Waals surface area (Å²) in [6.45, 7) is 0.0721. The summed E-state index contributed by atoms with van der Waals surface area (Å²) in [5.41, 5.74) is -2.24. The van der Waals surface area contributed by atoms with E-state index in [1.165, 1.54) is 4.31 Å². The van der Waals surface area contributed by atoms with Crippen molar-refractivity contribution >= 4 is 21.5 Å². The molecule has 0 amide bonds. The second kappa shape index (κ2) is 8.34. The van der Waals surface area contributed by atoms with Crippen LogP contribution in [0.4, 0.5) is 27.9 Å². The lowest BCUT2D eigenvalue weighted by atomic mass is 10.0. The number of aliphatic hydroxyl groups excluding tert-OH is 1. The Hall–Kier alpha value is -2.91. The summed E-state index contributed by atoms with van der Waals surface area (Å²) in [4.78, 5) is 7.51. The summed E-state index contributed by atoms with van der Waals surface area (Å²) in [5.74, 6) is -2.23. The number of nitrogens with zero attached hydrogens (tertiary/aromatic N) is 5. The fourth-order valence-corrected chi connectivity index (χ4v) is 5.89. The normalized spacial score (nSPS) is 22.0. The first-order valence-corrected chi connectivity index (χ1v) is 12.2. The molecule has 2 atom stereocenters. The predicted octanol–water partition coefficient (Wildman–Crippen LogP) is 2.43. The van der Waals surface area contributed by atoms with Crippen LogP contribution < -0.4 is 5.32 Å². The quantitative estimate of drug-likeness (QED) is 0.499. The number of piperidine rings is 1. The standard InChI is InChI=1S/C20H19F5N6O3S/c21-12-6-15(18-13(22)5-10(7-26-18)20(23,24)25)31-16(12)8-27-19(29-31)28-14-3-4-30(9-17(14)32)35(33,34)11-1-2-11/h5-8,11,14,17,32H,1-4,9H2,(H,28,29)/t14-,17-/m1/s1. The van der Waals surface area contributed by atoms with E-state index in [0.717, 1.165) is 16.8 Å². The zero-order valence-electron chi connectivity index (χ0n) is 17.9. The highest BCUT2D eigenvalue weighted by Gasteiger charge is 2.43. The van der Waals surface area contributed by atoms with Gasteiger partial charge in [-0.05, 0) is 25.3 Å². The minimum Gasteiger partial charge on any atom is -0.390 e. The summed E-state index contributed by atoms with van der Waals surface area (Å²) in [5, 5.41) is 17.1. The van der Waals surface area contributed by atoms with Crippen LogP contribution in [0.3, 0.4) is 0 Å². The largest absolute Gasteiger partial charge is 0.417 e. The number of halogens is 5. The number of aromatic nitrogens is 4. The van der Waals surface area contributed by atoms with Gasteiger partial charge < -0.3 is 10.4 Å². The molecule has 0 radical (unpaired) electrons. The number of anilines is 1. The molecule has 1 saturated heterocycles. The molecule has 3 aromatic heterocycles. The van der Waals surface area contributed by atoms with Gasteiger partial charge in [-0.1, -0.05) is 0 Å². The molecule has 9 nitrogen and oxygen atoms in total. The number of sulfonamides is 1. The Balaban J connectivity index is 1.40. The van der Waals surface area contributed by atoms with Gasteiger partial charge in [-0.25, -0.2) is 26.7 Å². The van der Waals surface area contributed by atoms with Gasteiger partial charge in [0, 0.05) is 25.4 Å². The minimum atomic E-state index is -4.80. The molecule has 3 aromatic rings. The molecule has 0 aromatic carbocycles. The molecule has 0 spiro atoms. The lowest BCUT2D eigenvalue weighted by Gasteiger charge is -2.35. The van der Waals surface area contributed by atoms with E-state index in [1.54, 1.807) is 0 Å². The van der Waals surface area contributed by atoms with Gasteiger partial charge in [0.2, 0.25) is 16.0 Å². The van der Waals surface area contributed by atoms with Gasteiger partial charge in [0.05, 0.1) is 34.8 Å². The van der Waals surface area contributed by atoms with Crippen LogP contribution in [-0.2, 0) is 16.2 Å². The van der Waals surface area contributed by atoms with E-state index in [4.69, 9.17) is 0 Å². The zero-order valence-corrected chi connectivity index (χ0v) is 18.7. The van der Waals surface area contributed by atoms with Gasteiger partial charge in [0.1, 0.15) is 11.2 Å². The molecular formula is C20H19F5N6O3S. The van der Waals surface area contributed by atoms with Crippen molar-refractivity contribution in [1.82, 2.24) is 23.9 Å². The van der Waals surface area contributed by atoms with Crippen LogP contribution in [0, 0.1) is 11.6 Å². The van der Waals surface area contributed by atoms with E-state index in [9.17, 15) is 35.5 Å². The van der Waals surface area contributed by atoms with Crippen molar-refractivity contribution < 1.29 is 35.5 Å². The maximum Gasteiger partial charge on any atom is 0.417 e. The Morgan fingerprint density at radius 2 is 1.80 bits per heavy atom. The first-order valence-electron chi connectivity index (χ1n) is 10.7. The van der Waals surface area contributed by atoms with Crippen molar-refractivity contribution in [1.29, 1.82) is 0 Å². The lowest BCUT2D eigenvalue weighted by molar-refractivity contribution is -0.138. The minimum absolute atomic E-state index is 0.0794. The number of pyridine rings is 1. The van der Waals surface area contributed by atoms with E-state index in [0.29, 0.717) is 19.0 Å². The van der Waals surface area contributed by atoms with Crippen LogP contribution in [0.25, 0.3) is 16.9 Å². The topological polar surface area (TPSA) is 113 Å². The van der Waals surface area contributed by atoms with Crippen LogP contribution in [0.15, 0.2) is 24.5 Å². The van der Waals surface area contributed by atoms with Gasteiger partial charge in [0.25, 0.3) is 0 Å². The van der Waals surface area contributed by atoms with Crippen molar-refractivity contribution in [2.75, 3.05) is 18.4 Å². The fourth-order valence-electron chi connectivity index (χ4n) is 4.01. The Morgan fingerprint density at radius 1 is 1.06 bits per heavy atom. The van der Waals surface area contributed by atoms with Crippen LogP contribution in [0.1, 0.15) is 24.8 Å². The Kier molecular flexibility index (Phi) is 5.68. The lowest BCUT2D eigenvalue weighted by Crippen LogP contribution is -2.52. The predicted molar refractivity (Wildman–Crippen MR) is 113 cm³/mol. The number of β-amino-alcohol motifs (C(OH)–C–C–N with tert-alkyl or cyclic N) is 1. The molecule has 1 aliphatic heterocycles. The highest BCUT2D eigenvalue weighted by atomic mass is 32.2. The van der Waals surface area contributed by atoms with Crippen LogP contribution in [0.5, 0.6) is 0 Å². The summed E-state index contributed by atoms with van der Waals surface area (Å²) in [6.07, 6.45) is -2.89. The number of nitrogens with one attached hydrogen (secondary N) is 1. The first kappa shape index (κ1) is 23.8. The number of alkyl halides is 3. The average Bonchev–Trinajstić information content (AvgIpc) is 3.60. The Labute approximate surface area is 195 Å². The van der Waals surface area contributed by atoms with Crippen molar-refractivity contribution in [3.63, 3.8) is 0 Å². The van der Waals surface area contributed by atoms with E-state index in [-0.39, 0.29) is 42.7 Å². The molecule has 15 heteroatoms. The fraction of sp³-hybridized carbons (Fsp3) is 0.450. The number of rotatable bonds is 5. The monoisotopic (exact) mass is 518 g/mol. The third-order valence-corrected chi connectivity index (χ3v) is 8.41. The first-order chi connectivity index (χ1) is 16.4. The molecule has 1 saturated carbocycles. The smallest absolute Gasteiger partial charge is 0.390 e. The van der Waals surface area contributed by atoms with Crippen molar-refractivity contribution in [2.45, 2.75) is 42.8 Å². The molecule has 2 fully saturated rings.